The maximum atomic E-state index is 12.0. The van der Waals surface area contributed by atoms with Crippen LogP contribution in [0.1, 0.15) is 5.56 Å². The number of amides is 1. The molecule has 1 heterocycles. The fourth-order valence-corrected chi connectivity index (χ4v) is 3.25. The van der Waals surface area contributed by atoms with Crippen LogP contribution in [-0.2, 0) is 21.4 Å². The van der Waals surface area contributed by atoms with Crippen LogP contribution in [0, 0.1) is 0 Å². The molecule has 9 heteroatoms. The molecule has 0 spiro atoms. The molecule has 0 aromatic heterocycles. The number of halogens is 1. The highest BCUT2D eigenvalue weighted by molar-refractivity contribution is 9.10. The Labute approximate surface area is 147 Å². The van der Waals surface area contributed by atoms with E-state index in [2.05, 4.69) is 20.7 Å². The van der Waals surface area contributed by atoms with E-state index in [0.717, 1.165) is 4.47 Å². The van der Waals surface area contributed by atoms with E-state index in [1.54, 1.807) is 42.5 Å². The summed E-state index contributed by atoms with van der Waals surface area (Å²) in [4.78, 5) is 12.0. The number of ether oxygens (including phenoxy) is 2. The van der Waals surface area contributed by atoms with E-state index in [9.17, 15) is 13.2 Å². The second-order valence-electron chi connectivity index (χ2n) is 5.00. The molecule has 0 atom stereocenters. The van der Waals surface area contributed by atoms with E-state index < -0.39 is 16.1 Å². The minimum Gasteiger partial charge on any atom is -0.454 e. The molecule has 0 saturated heterocycles. The Morgan fingerprint density at radius 1 is 1.08 bits per heavy atom. The number of carbonyl (C=O) groups excluding carboxylic acids is 1. The number of rotatable bonds is 5. The molecule has 24 heavy (non-hydrogen) atoms. The van der Waals surface area contributed by atoms with Crippen LogP contribution in [0.15, 0.2) is 46.9 Å². The van der Waals surface area contributed by atoms with Crippen molar-refractivity contribution in [2.75, 3.05) is 11.5 Å². The Hall–Kier alpha value is -2.26. The van der Waals surface area contributed by atoms with E-state index >= 15 is 0 Å². The van der Waals surface area contributed by atoms with Crippen LogP contribution in [0.2, 0.25) is 0 Å². The molecule has 0 unspecified atom stereocenters. The molecule has 0 fully saturated rings. The lowest BCUT2D eigenvalue weighted by atomic mass is 10.1. The molecule has 1 aliphatic rings. The number of hydrogen-bond acceptors (Lipinski definition) is 5. The first-order valence-corrected chi connectivity index (χ1v) is 9.16. The van der Waals surface area contributed by atoms with Crippen molar-refractivity contribution in [3.63, 3.8) is 0 Å². The molecule has 0 bridgehead atoms. The highest BCUT2D eigenvalue weighted by atomic mass is 79.9. The SMILES string of the molecule is O=C(Cc1ccc2c(c1)OCO2)NS(=O)(=O)Nc1ccc(Br)cc1. The third kappa shape index (κ3) is 4.18. The summed E-state index contributed by atoms with van der Waals surface area (Å²) in [6.45, 7) is 0.135. The van der Waals surface area contributed by atoms with Crippen LogP contribution in [0.5, 0.6) is 11.5 Å². The first kappa shape index (κ1) is 16.6. The molecule has 0 saturated carbocycles. The van der Waals surface area contributed by atoms with Crippen LogP contribution in [0.25, 0.3) is 0 Å². The lowest BCUT2D eigenvalue weighted by molar-refractivity contribution is -0.118. The summed E-state index contributed by atoms with van der Waals surface area (Å²) in [5.74, 6) is 0.485. The lowest BCUT2D eigenvalue weighted by Gasteiger charge is -2.09. The van der Waals surface area contributed by atoms with Crippen molar-refractivity contribution in [3.05, 3.63) is 52.5 Å². The highest BCUT2D eigenvalue weighted by Crippen LogP contribution is 2.32. The van der Waals surface area contributed by atoms with E-state index in [4.69, 9.17) is 9.47 Å². The quantitative estimate of drug-likeness (QED) is 0.784. The van der Waals surface area contributed by atoms with E-state index in [-0.39, 0.29) is 13.2 Å². The van der Waals surface area contributed by atoms with Crippen LogP contribution in [-0.4, -0.2) is 21.1 Å². The zero-order valence-electron chi connectivity index (χ0n) is 12.3. The molecule has 2 aromatic rings. The maximum Gasteiger partial charge on any atom is 0.323 e. The molecule has 1 amide bonds. The van der Waals surface area contributed by atoms with Crippen molar-refractivity contribution >= 4 is 37.7 Å². The van der Waals surface area contributed by atoms with Crippen molar-refractivity contribution < 1.29 is 22.7 Å². The minimum atomic E-state index is -4.00. The van der Waals surface area contributed by atoms with Gasteiger partial charge in [-0.25, -0.2) is 4.72 Å². The Morgan fingerprint density at radius 2 is 1.79 bits per heavy atom. The smallest absolute Gasteiger partial charge is 0.323 e. The number of carbonyl (C=O) groups is 1. The molecular formula is C15H13BrN2O5S. The molecule has 7 nitrogen and oxygen atoms in total. The van der Waals surface area contributed by atoms with Gasteiger partial charge in [-0.1, -0.05) is 22.0 Å². The molecular weight excluding hydrogens is 400 g/mol. The van der Waals surface area contributed by atoms with Crippen LogP contribution < -0.4 is 18.9 Å². The normalized spacial score (nSPS) is 12.7. The van der Waals surface area contributed by atoms with Gasteiger partial charge >= 0.3 is 10.2 Å². The van der Waals surface area contributed by atoms with Gasteiger partial charge in [0, 0.05) is 4.47 Å². The number of benzene rings is 2. The summed E-state index contributed by atoms with van der Waals surface area (Å²) in [6, 6.07) is 11.5. The largest absolute Gasteiger partial charge is 0.454 e. The zero-order chi connectivity index (χ0) is 17.2. The Balaban J connectivity index is 1.62. The molecule has 0 aliphatic carbocycles. The fourth-order valence-electron chi connectivity index (χ4n) is 2.12. The second kappa shape index (κ2) is 6.70. The summed E-state index contributed by atoms with van der Waals surface area (Å²) in [7, 11) is -4.00. The predicted molar refractivity (Wildman–Crippen MR) is 91.1 cm³/mol. The lowest BCUT2D eigenvalue weighted by Crippen LogP contribution is -2.36. The third-order valence-electron chi connectivity index (χ3n) is 3.15. The van der Waals surface area contributed by atoms with Gasteiger partial charge < -0.3 is 9.47 Å². The van der Waals surface area contributed by atoms with Crippen molar-refractivity contribution in [2.24, 2.45) is 0 Å². The van der Waals surface area contributed by atoms with Crippen molar-refractivity contribution in [1.29, 1.82) is 0 Å². The molecule has 126 valence electrons. The van der Waals surface area contributed by atoms with Gasteiger partial charge in [-0.15, -0.1) is 0 Å². The van der Waals surface area contributed by atoms with Gasteiger partial charge in [0.25, 0.3) is 0 Å². The van der Waals surface area contributed by atoms with Crippen LogP contribution >= 0.6 is 15.9 Å². The predicted octanol–water partition coefficient (Wildman–Crippen LogP) is 2.19. The summed E-state index contributed by atoms with van der Waals surface area (Å²) in [6.07, 6.45) is -0.0993. The highest BCUT2D eigenvalue weighted by Gasteiger charge is 2.17. The van der Waals surface area contributed by atoms with Gasteiger partial charge in [0.2, 0.25) is 12.7 Å². The molecule has 2 aromatic carbocycles. The first-order chi connectivity index (χ1) is 11.4. The second-order valence-corrected chi connectivity index (χ2v) is 7.33. The molecule has 3 rings (SSSR count). The van der Waals surface area contributed by atoms with Crippen molar-refractivity contribution in [2.45, 2.75) is 6.42 Å². The third-order valence-corrected chi connectivity index (χ3v) is 4.68. The number of nitrogens with one attached hydrogen (secondary N) is 2. The molecule has 1 aliphatic heterocycles. The van der Waals surface area contributed by atoms with Crippen LogP contribution in [0.3, 0.4) is 0 Å². The van der Waals surface area contributed by atoms with Gasteiger partial charge in [0.05, 0.1) is 12.1 Å². The summed E-state index contributed by atoms with van der Waals surface area (Å²) >= 11 is 3.26. The van der Waals surface area contributed by atoms with Crippen LogP contribution in [0.4, 0.5) is 5.69 Å². The Kier molecular flexibility index (Phi) is 4.63. The van der Waals surface area contributed by atoms with E-state index in [1.165, 1.54) is 0 Å². The molecule has 0 radical (unpaired) electrons. The minimum absolute atomic E-state index is 0.0993. The van der Waals surface area contributed by atoms with Gasteiger partial charge in [-0.05, 0) is 42.0 Å². The number of fused-ring (bicyclic) bond motifs is 1. The average molecular weight is 413 g/mol. The first-order valence-electron chi connectivity index (χ1n) is 6.89. The summed E-state index contributed by atoms with van der Waals surface area (Å²) in [5.41, 5.74) is 0.970. The Bertz CT molecular complexity index is 868. The van der Waals surface area contributed by atoms with Gasteiger partial charge in [0.15, 0.2) is 11.5 Å². The summed E-state index contributed by atoms with van der Waals surface area (Å²) < 4.78 is 39.4. The van der Waals surface area contributed by atoms with E-state index in [1.807, 2.05) is 4.72 Å². The van der Waals surface area contributed by atoms with E-state index in [0.29, 0.717) is 22.7 Å². The topological polar surface area (TPSA) is 93.7 Å². The van der Waals surface area contributed by atoms with Crippen molar-refractivity contribution in [3.8, 4) is 11.5 Å². The number of hydrogen-bond donors (Lipinski definition) is 2. The zero-order valence-corrected chi connectivity index (χ0v) is 14.7. The fraction of sp³-hybridized carbons (Fsp3) is 0.133. The van der Waals surface area contributed by atoms with Gasteiger partial charge in [-0.3, -0.25) is 9.52 Å². The standard InChI is InChI=1S/C15H13BrN2O5S/c16-11-2-4-12(5-3-11)17-24(20,21)18-15(19)8-10-1-6-13-14(7-10)23-9-22-13/h1-7,17H,8-9H2,(H,18,19). The maximum absolute atomic E-state index is 12.0. The number of anilines is 1. The average Bonchev–Trinajstić information content (AvgIpc) is 2.96. The van der Waals surface area contributed by atoms with Gasteiger partial charge in [0.1, 0.15) is 0 Å². The summed E-state index contributed by atoms with van der Waals surface area (Å²) in [5, 5.41) is 0. The molecule has 2 N–H and O–H groups in total. The monoisotopic (exact) mass is 412 g/mol. The van der Waals surface area contributed by atoms with Gasteiger partial charge in [-0.2, -0.15) is 8.42 Å². The Morgan fingerprint density at radius 3 is 2.54 bits per heavy atom. The van der Waals surface area contributed by atoms with Crippen molar-refractivity contribution in [1.82, 2.24) is 4.72 Å².